The molecule has 0 bridgehead atoms. The molecule has 1 aliphatic heterocycles. The zero-order valence-electron chi connectivity index (χ0n) is 14.2. The van der Waals surface area contributed by atoms with Crippen LogP contribution in [0.4, 0.5) is 0 Å². The van der Waals surface area contributed by atoms with E-state index in [-0.39, 0.29) is 11.8 Å². The molecule has 2 aromatic heterocycles. The summed E-state index contributed by atoms with van der Waals surface area (Å²) in [7, 11) is 0. The lowest BCUT2D eigenvalue weighted by atomic mass is 9.93. The molecule has 1 unspecified atom stereocenters. The van der Waals surface area contributed by atoms with E-state index >= 15 is 0 Å². The molecule has 1 aliphatic rings. The topological polar surface area (TPSA) is 63.4 Å². The third-order valence-electron chi connectivity index (χ3n) is 4.71. The highest BCUT2D eigenvalue weighted by atomic mass is 127. The number of carbonyl (C=O) groups excluding carboxylic acids is 1. The standard InChI is InChI=1S/C18H17ClIN5O/c1-11-8-15(25-18(23-11)21-10-22-25)12-4-3-7-24(9-12)17(26)16-13(19)5-2-6-14(16)20/h2,5-6,8,10,12H,3-4,7,9H2,1H3. The number of halogens is 2. The van der Waals surface area contributed by atoms with E-state index in [9.17, 15) is 4.79 Å². The van der Waals surface area contributed by atoms with Crippen LogP contribution in [0.2, 0.25) is 5.02 Å². The van der Waals surface area contributed by atoms with E-state index in [4.69, 9.17) is 11.6 Å². The van der Waals surface area contributed by atoms with Crippen LogP contribution in [0.25, 0.3) is 5.78 Å². The van der Waals surface area contributed by atoms with E-state index in [0.717, 1.165) is 34.3 Å². The van der Waals surface area contributed by atoms with Gasteiger partial charge in [-0.1, -0.05) is 17.7 Å². The Balaban J connectivity index is 1.65. The molecule has 0 aliphatic carbocycles. The highest BCUT2D eigenvalue weighted by molar-refractivity contribution is 14.1. The normalized spacial score (nSPS) is 17.7. The van der Waals surface area contributed by atoms with Gasteiger partial charge in [-0.25, -0.2) is 9.50 Å². The minimum Gasteiger partial charge on any atom is -0.338 e. The Hall–Kier alpha value is -1.74. The molecular formula is C18H17ClIN5O. The number of piperidine rings is 1. The fourth-order valence-corrected chi connectivity index (χ4v) is 4.66. The summed E-state index contributed by atoms with van der Waals surface area (Å²) in [6.45, 7) is 3.33. The van der Waals surface area contributed by atoms with Gasteiger partial charge in [-0.2, -0.15) is 10.1 Å². The first kappa shape index (κ1) is 17.7. The maximum Gasteiger partial charge on any atom is 0.256 e. The number of hydrogen-bond donors (Lipinski definition) is 0. The summed E-state index contributed by atoms with van der Waals surface area (Å²) in [6.07, 6.45) is 3.46. The molecular weight excluding hydrogens is 465 g/mol. The number of amides is 1. The highest BCUT2D eigenvalue weighted by Gasteiger charge is 2.29. The van der Waals surface area contributed by atoms with Gasteiger partial charge in [0.05, 0.1) is 16.3 Å². The zero-order chi connectivity index (χ0) is 18.3. The van der Waals surface area contributed by atoms with E-state index in [2.05, 4.69) is 37.7 Å². The van der Waals surface area contributed by atoms with Gasteiger partial charge in [0.15, 0.2) is 0 Å². The first-order chi connectivity index (χ1) is 12.5. The number of hydrogen-bond acceptors (Lipinski definition) is 4. The van der Waals surface area contributed by atoms with Crippen LogP contribution in [0.5, 0.6) is 0 Å². The van der Waals surface area contributed by atoms with Crippen molar-refractivity contribution < 1.29 is 4.79 Å². The third kappa shape index (κ3) is 3.18. The molecule has 0 saturated carbocycles. The van der Waals surface area contributed by atoms with E-state index in [1.54, 1.807) is 10.6 Å². The SMILES string of the molecule is Cc1cc(C2CCCN(C(=O)c3c(Cl)cccc3I)C2)n2ncnc2n1. The van der Waals surface area contributed by atoms with Crippen LogP contribution >= 0.6 is 34.2 Å². The second kappa shape index (κ2) is 7.11. The van der Waals surface area contributed by atoms with Gasteiger partial charge >= 0.3 is 0 Å². The van der Waals surface area contributed by atoms with Gasteiger partial charge in [0.25, 0.3) is 11.7 Å². The first-order valence-corrected chi connectivity index (χ1v) is 9.91. The highest BCUT2D eigenvalue weighted by Crippen LogP contribution is 2.30. The fraction of sp³-hybridized carbons (Fsp3) is 0.333. The summed E-state index contributed by atoms with van der Waals surface area (Å²) in [6, 6.07) is 7.58. The Morgan fingerprint density at radius 3 is 3.04 bits per heavy atom. The van der Waals surface area contributed by atoms with E-state index in [1.165, 1.54) is 6.33 Å². The van der Waals surface area contributed by atoms with Crippen LogP contribution < -0.4 is 0 Å². The maximum atomic E-state index is 13.1. The lowest BCUT2D eigenvalue weighted by Gasteiger charge is -2.33. The predicted octanol–water partition coefficient (Wildman–Crippen LogP) is 3.71. The zero-order valence-corrected chi connectivity index (χ0v) is 17.1. The van der Waals surface area contributed by atoms with Crippen molar-refractivity contribution in [3.8, 4) is 0 Å². The molecule has 8 heteroatoms. The van der Waals surface area contributed by atoms with Crippen LogP contribution in [-0.2, 0) is 0 Å². The molecule has 1 atom stereocenters. The summed E-state index contributed by atoms with van der Waals surface area (Å²) in [5.74, 6) is 0.785. The number of fused-ring (bicyclic) bond motifs is 1. The summed E-state index contributed by atoms with van der Waals surface area (Å²) in [5, 5.41) is 4.81. The maximum absolute atomic E-state index is 13.1. The molecule has 0 radical (unpaired) electrons. The number of aromatic nitrogens is 4. The van der Waals surface area contributed by atoms with Crippen molar-refractivity contribution in [3.05, 3.63) is 56.1 Å². The largest absolute Gasteiger partial charge is 0.338 e. The number of carbonyl (C=O) groups is 1. The molecule has 3 aromatic rings. The van der Waals surface area contributed by atoms with Crippen LogP contribution in [0.3, 0.4) is 0 Å². The van der Waals surface area contributed by atoms with Crippen molar-refractivity contribution in [2.45, 2.75) is 25.7 Å². The monoisotopic (exact) mass is 481 g/mol. The minimum atomic E-state index is -0.00897. The molecule has 0 N–H and O–H groups in total. The van der Waals surface area contributed by atoms with Crippen molar-refractivity contribution in [2.24, 2.45) is 0 Å². The Morgan fingerprint density at radius 1 is 1.38 bits per heavy atom. The average molecular weight is 482 g/mol. The van der Waals surface area contributed by atoms with E-state index in [1.807, 2.05) is 30.0 Å². The minimum absolute atomic E-state index is 0.00897. The number of nitrogens with zero attached hydrogens (tertiary/aromatic N) is 5. The van der Waals surface area contributed by atoms with Crippen molar-refractivity contribution in [1.82, 2.24) is 24.5 Å². The number of aryl methyl sites for hydroxylation is 1. The van der Waals surface area contributed by atoms with Gasteiger partial charge in [0, 0.05) is 28.3 Å². The first-order valence-electron chi connectivity index (χ1n) is 8.45. The Labute approximate surface area is 169 Å². The molecule has 134 valence electrons. The molecule has 6 nitrogen and oxygen atoms in total. The van der Waals surface area contributed by atoms with E-state index in [0.29, 0.717) is 22.9 Å². The number of rotatable bonds is 2. The van der Waals surface area contributed by atoms with Crippen LogP contribution in [0.1, 0.15) is 40.5 Å². The van der Waals surface area contributed by atoms with Gasteiger partial charge in [-0.3, -0.25) is 4.79 Å². The van der Waals surface area contributed by atoms with Crippen molar-refractivity contribution in [1.29, 1.82) is 0 Å². The van der Waals surface area contributed by atoms with Crippen molar-refractivity contribution in [2.75, 3.05) is 13.1 Å². The quantitative estimate of drug-likeness (QED) is 0.524. The lowest BCUT2D eigenvalue weighted by Crippen LogP contribution is -2.40. The van der Waals surface area contributed by atoms with E-state index < -0.39 is 0 Å². The summed E-state index contributed by atoms with van der Waals surface area (Å²) < 4.78 is 2.66. The van der Waals surface area contributed by atoms with Gasteiger partial charge in [0.2, 0.25) is 0 Å². The second-order valence-corrected chi connectivity index (χ2v) is 8.05. The molecule has 3 heterocycles. The Kier molecular flexibility index (Phi) is 4.83. The number of likely N-dealkylation sites (tertiary alicyclic amines) is 1. The van der Waals surface area contributed by atoms with Gasteiger partial charge in [-0.15, -0.1) is 0 Å². The van der Waals surface area contributed by atoms with Crippen LogP contribution in [-0.4, -0.2) is 43.5 Å². The molecule has 1 fully saturated rings. The third-order valence-corrected chi connectivity index (χ3v) is 5.92. The van der Waals surface area contributed by atoms with Gasteiger partial charge in [-0.05, 0) is 60.6 Å². The Bertz CT molecular complexity index is 969. The molecule has 0 spiro atoms. The summed E-state index contributed by atoms with van der Waals surface area (Å²) >= 11 is 8.46. The van der Waals surface area contributed by atoms with Gasteiger partial charge < -0.3 is 4.90 Å². The second-order valence-electron chi connectivity index (χ2n) is 6.48. The number of benzene rings is 1. The lowest BCUT2D eigenvalue weighted by molar-refractivity contribution is 0.0704. The van der Waals surface area contributed by atoms with Crippen molar-refractivity contribution in [3.63, 3.8) is 0 Å². The molecule has 4 rings (SSSR count). The molecule has 1 amide bonds. The molecule has 1 saturated heterocycles. The van der Waals surface area contributed by atoms with Crippen LogP contribution in [0.15, 0.2) is 30.6 Å². The predicted molar refractivity (Wildman–Crippen MR) is 108 cm³/mol. The molecule has 26 heavy (non-hydrogen) atoms. The Morgan fingerprint density at radius 2 is 2.23 bits per heavy atom. The van der Waals surface area contributed by atoms with Gasteiger partial charge in [0.1, 0.15) is 6.33 Å². The fourth-order valence-electron chi connectivity index (χ4n) is 3.51. The summed E-state index contributed by atoms with van der Waals surface area (Å²) in [5.41, 5.74) is 2.55. The molecule has 1 aromatic carbocycles. The van der Waals surface area contributed by atoms with Crippen LogP contribution in [0, 0.1) is 10.5 Å². The average Bonchev–Trinajstić information content (AvgIpc) is 3.09. The summed E-state index contributed by atoms with van der Waals surface area (Å²) in [4.78, 5) is 23.6. The smallest absolute Gasteiger partial charge is 0.256 e. The van der Waals surface area contributed by atoms with Crippen molar-refractivity contribution >= 4 is 45.9 Å².